The second kappa shape index (κ2) is 6.39. The summed E-state index contributed by atoms with van der Waals surface area (Å²) in [6.45, 7) is 5.77. The number of nitrogens with zero attached hydrogens (tertiary/aromatic N) is 1. The van der Waals surface area contributed by atoms with Crippen molar-refractivity contribution >= 4 is 10.1 Å². The summed E-state index contributed by atoms with van der Waals surface area (Å²) in [5.41, 5.74) is 2.52. The molecule has 0 amide bonds. The predicted octanol–water partition coefficient (Wildman–Crippen LogP) is 2.43. The quantitative estimate of drug-likeness (QED) is 0.825. The van der Waals surface area contributed by atoms with E-state index in [-0.39, 0.29) is 12.0 Å². The van der Waals surface area contributed by atoms with Crippen LogP contribution in [0.1, 0.15) is 30.7 Å². The lowest BCUT2D eigenvalue weighted by Crippen LogP contribution is -2.08. The minimum absolute atomic E-state index is 0.0995. The third-order valence-corrected chi connectivity index (χ3v) is 3.40. The van der Waals surface area contributed by atoms with Crippen LogP contribution in [0.2, 0.25) is 0 Å². The smallest absolute Gasteiger partial charge is 0.307 e. The second-order valence-corrected chi connectivity index (χ2v) is 6.98. The highest BCUT2D eigenvalue weighted by Gasteiger charge is 2.16. The second-order valence-electron chi connectivity index (χ2n) is 5.41. The van der Waals surface area contributed by atoms with Crippen molar-refractivity contribution in [2.45, 2.75) is 33.3 Å². The maximum absolute atomic E-state index is 11.3. The maximum atomic E-state index is 11.3. The van der Waals surface area contributed by atoms with Gasteiger partial charge in [0, 0.05) is 17.7 Å². The lowest BCUT2D eigenvalue weighted by atomic mass is 10.1. The number of aromatic amines is 1. The van der Waals surface area contributed by atoms with Gasteiger partial charge >= 0.3 is 10.1 Å². The molecule has 0 radical (unpaired) electrons. The van der Waals surface area contributed by atoms with Crippen LogP contribution in [-0.4, -0.2) is 31.0 Å². The van der Waals surface area contributed by atoms with Crippen LogP contribution in [0.5, 0.6) is 11.6 Å². The zero-order valence-electron chi connectivity index (χ0n) is 13.1. The summed E-state index contributed by atoms with van der Waals surface area (Å²) in [4.78, 5) is 0. The van der Waals surface area contributed by atoms with E-state index in [9.17, 15) is 8.42 Å². The molecule has 0 atom stereocenters. The Hall–Kier alpha value is -2.02. The molecule has 0 aliphatic heterocycles. The van der Waals surface area contributed by atoms with Crippen molar-refractivity contribution in [3.05, 3.63) is 41.1 Å². The fourth-order valence-electron chi connectivity index (χ4n) is 2.01. The van der Waals surface area contributed by atoms with E-state index in [4.69, 9.17) is 8.92 Å². The van der Waals surface area contributed by atoms with Gasteiger partial charge in [0.25, 0.3) is 5.88 Å². The Balaban J connectivity index is 2.18. The Morgan fingerprint density at radius 2 is 1.86 bits per heavy atom. The molecule has 22 heavy (non-hydrogen) atoms. The lowest BCUT2D eigenvalue weighted by molar-refractivity contribution is 0.242. The molecule has 0 spiro atoms. The van der Waals surface area contributed by atoms with E-state index in [0.29, 0.717) is 6.42 Å². The summed E-state index contributed by atoms with van der Waals surface area (Å²) in [6.07, 6.45) is 1.64. The molecule has 0 bridgehead atoms. The fraction of sp³-hybridized carbons (Fsp3) is 0.400. The van der Waals surface area contributed by atoms with Gasteiger partial charge in [0.2, 0.25) is 0 Å². The Morgan fingerprint density at radius 1 is 1.23 bits per heavy atom. The summed E-state index contributed by atoms with van der Waals surface area (Å²) in [7, 11) is -3.60. The zero-order chi connectivity index (χ0) is 16.3. The average molecular weight is 324 g/mol. The maximum Gasteiger partial charge on any atom is 0.307 e. The van der Waals surface area contributed by atoms with Crippen molar-refractivity contribution < 1.29 is 17.3 Å². The molecule has 0 saturated heterocycles. The van der Waals surface area contributed by atoms with E-state index in [2.05, 4.69) is 10.2 Å². The minimum Gasteiger partial charge on any atom is -0.491 e. The summed E-state index contributed by atoms with van der Waals surface area (Å²) >= 11 is 0. The Bertz CT molecular complexity index is 733. The molecular formula is C15H20N2O4S. The fourth-order valence-corrected chi connectivity index (χ4v) is 2.44. The highest BCUT2D eigenvalue weighted by atomic mass is 32.2. The van der Waals surface area contributed by atoms with Gasteiger partial charge < -0.3 is 8.92 Å². The van der Waals surface area contributed by atoms with Crippen LogP contribution in [0.4, 0.5) is 0 Å². The zero-order valence-corrected chi connectivity index (χ0v) is 13.9. The molecule has 1 aromatic carbocycles. The standard InChI is InChI=1S/C15H20N2O4S/c1-10(2)20-13-7-5-12(6-8-13)9-14-11(3)16-17-15(14)21-22(4,18)19/h5-8,10H,9H2,1-4H3,(H,16,17). The van der Waals surface area contributed by atoms with Crippen LogP contribution in [0.15, 0.2) is 24.3 Å². The largest absolute Gasteiger partial charge is 0.491 e. The SMILES string of the molecule is Cc1[nH]nc(OS(C)(=O)=O)c1Cc1ccc(OC(C)C)cc1. The number of hydrogen-bond acceptors (Lipinski definition) is 5. The molecule has 0 unspecified atom stereocenters. The van der Waals surface area contributed by atoms with E-state index >= 15 is 0 Å². The number of hydrogen-bond donors (Lipinski definition) is 1. The first-order valence-corrected chi connectivity index (χ1v) is 8.75. The van der Waals surface area contributed by atoms with Crippen LogP contribution in [0, 0.1) is 6.92 Å². The van der Waals surface area contributed by atoms with Crippen molar-refractivity contribution in [3.8, 4) is 11.6 Å². The van der Waals surface area contributed by atoms with E-state index in [0.717, 1.165) is 28.8 Å². The van der Waals surface area contributed by atoms with E-state index in [1.165, 1.54) is 0 Å². The molecule has 0 fully saturated rings. The molecule has 0 aliphatic carbocycles. The number of aryl methyl sites for hydroxylation is 1. The number of rotatable bonds is 6. The molecule has 1 N–H and O–H groups in total. The first-order valence-electron chi connectivity index (χ1n) is 6.93. The van der Waals surface area contributed by atoms with Gasteiger partial charge in [-0.3, -0.25) is 5.10 Å². The molecule has 1 heterocycles. The van der Waals surface area contributed by atoms with Crippen molar-refractivity contribution in [1.29, 1.82) is 0 Å². The van der Waals surface area contributed by atoms with Crippen LogP contribution in [0.3, 0.4) is 0 Å². The monoisotopic (exact) mass is 324 g/mol. The molecule has 0 aliphatic rings. The first-order chi connectivity index (χ1) is 10.2. The lowest BCUT2D eigenvalue weighted by Gasteiger charge is -2.10. The summed E-state index contributed by atoms with van der Waals surface area (Å²) in [5, 5.41) is 6.66. The topological polar surface area (TPSA) is 81.3 Å². The van der Waals surface area contributed by atoms with Crippen molar-refractivity contribution in [3.63, 3.8) is 0 Å². The van der Waals surface area contributed by atoms with Crippen molar-refractivity contribution in [2.75, 3.05) is 6.26 Å². The normalized spacial score (nSPS) is 11.7. The van der Waals surface area contributed by atoms with Gasteiger partial charge in [-0.25, -0.2) is 0 Å². The van der Waals surface area contributed by atoms with Gasteiger partial charge in [0.1, 0.15) is 5.75 Å². The summed E-state index contributed by atoms with van der Waals surface area (Å²) in [6, 6.07) is 7.66. The summed E-state index contributed by atoms with van der Waals surface area (Å²) < 4.78 is 33.0. The summed E-state index contributed by atoms with van der Waals surface area (Å²) in [5.74, 6) is 0.901. The molecule has 7 heteroatoms. The van der Waals surface area contributed by atoms with Crippen molar-refractivity contribution in [2.24, 2.45) is 0 Å². The number of H-pyrrole nitrogens is 1. The van der Waals surface area contributed by atoms with E-state index in [1.54, 1.807) is 0 Å². The average Bonchev–Trinajstić information content (AvgIpc) is 2.71. The number of nitrogens with one attached hydrogen (secondary N) is 1. The Morgan fingerprint density at radius 3 is 2.41 bits per heavy atom. The Labute approximate surface area is 130 Å². The number of aromatic nitrogens is 2. The van der Waals surface area contributed by atoms with Gasteiger partial charge in [-0.2, -0.15) is 8.42 Å². The van der Waals surface area contributed by atoms with E-state index in [1.807, 2.05) is 45.0 Å². The van der Waals surface area contributed by atoms with Crippen LogP contribution >= 0.6 is 0 Å². The third-order valence-electron chi connectivity index (χ3n) is 2.94. The predicted molar refractivity (Wildman–Crippen MR) is 83.8 cm³/mol. The van der Waals surface area contributed by atoms with Gasteiger partial charge in [-0.1, -0.05) is 12.1 Å². The van der Waals surface area contributed by atoms with Crippen LogP contribution in [0.25, 0.3) is 0 Å². The molecule has 0 saturated carbocycles. The van der Waals surface area contributed by atoms with Gasteiger partial charge in [-0.05, 0) is 38.5 Å². The van der Waals surface area contributed by atoms with Crippen molar-refractivity contribution in [1.82, 2.24) is 10.2 Å². The third kappa shape index (κ3) is 4.49. The van der Waals surface area contributed by atoms with Gasteiger partial charge in [0.05, 0.1) is 12.4 Å². The number of ether oxygens (including phenoxy) is 1. The van der Waals surface area contributed by atoms with Gasteiger partial charge in [0.15, 0.2) is 0 Å². The minimum atomic E-state index is -3.60. The highest BCUT2D eigenvalue weighted by Crippen LogP contribution is 2.24. The number of benzene rings is 1. The molecule has 2 aromatic rings. The van der Waals surface area contributed by atoms with Gasteiger partial charge in [-0.15, -0.1) is 5.10 Å². The molecule has 2 rings (SSSR count). The highest BCUT2D eigenvalue weighted by molar-refractivity contribution is 7.86. The molecule has 6 nitrogen and oxygen atoms in total. The van der Waals surface area contributed by atoms with E-state index < -0.39 is 10.1 Å². The van der Waals surface area contributed by atoms with Crippen LogP contribution in [-0.2, 0) is 16.5 Å². The van der Waals surface area contributed by atoms with Crippen LogP contribution < -0.4 is 8.92 Å². The molecule has 120 valence electrons. The molecule has 1 aromatic heterocycles. The molecular weight excluding hydrogens is 304 g/mol. The Kier molecular flexibility index (Phi) is 4.75. The first kappa shape index (κ1) is 16.4.